The van der Waals surface area contributed by atoms with Gasteiger partial charge in [0, 0.05) is 11.4 Å². The molecular weight excluding hydrogens is 286 g/mol. The summed E-state index contributed by atoms with van der Waals surface area (Å²) >= 11 is 10.6. The molecule has 1 aromatic heterocycles. The van der Waals surface area contributed by atoms with Crippen molar-refractivity contribution in [3.63, 3.8) is 0 Å². The minimum absolute atomic E-state index is 0.0972. The molecule has 1 aromatic rings. The van der Waals surface area contributed by atoms with Gasteiger partial charge >= 0.3 is 0 Å². The first-order valence-corrected chi connectivity index (χ1v) is 6.54. The van der Waals surface area contributed by atoms with Gasteiger partial charge in [-0.1, -0.05) is 27.5 Å². The molecule has 1 unspecified atom stereocenters. The molecule has 1 atom stereocenters. The molecule has 14 heavy (non-hydrogen) atoms. The lowest BCUT2D eigenvalue weighted by Gasteiger charge is -2.09. The fourth-order valence-corrected chi connectivity index (χ4v) is 2.25. The van der Waals surface area contributed by atoms with E-state index >= 15 is 0 Å². The van der Waals surface area contributed by atoms with E-state index in [1.54, 1.807) is 0 Å². The fourth-order valence-electron chi connectivity index (χ4n) is 0.911. The smallest absolute Gasteiger partial charge is 0.263 e. The number of carbonyl (C=O) groups is 1. The van der Waals surface area contributed by atoms with Crippen molar-refractivity contribution >= 4 is 44.8 Å². The van der Waals surface area contributed by atoms with Crippen LogP contribution in [0.1, 0.15) is 22.2 Å². The Morgan fingerprint density at radius 3 is 2.86 bits per heavy atom. The Morgan fingerprint density at radius 2 is 2.43 bits per heavy atom. The zero-order valence-electron chi connectivity index (χ0n) is 7.93. The van der Waals surface area contributed by atoms with E-state index in [0.717, 1.165) is 10.9 Å². The molecule has 0 aromatic carbocycles. The molecule has 0 fully saturated rings. The van der Waals surface area contributed by atoms with Crippen LogP contribution in [-0.4, -0.2) is 17.3 Å². The average molecular weight is 297 g/mol. The van der Waals surface area contributed by atoms with E-state index in [1.165, 1.54) is 11.3 Å². The second-order valence-corrected chi connectivity index (χ2v) is 5.00. The Balaban J connectivity index is 2.75. The SMILES string of the molecule is Cc1csc(C(=O)NC(C)CBr)c1Cl. The molecule has 1 rings (SSSR count). The van der Waals surface area contributed by atoms with Gasteiger partial charge in [0.05, 0.1) is 5.02 Å². The fraction of sp³-hybridized carbons (Fsp3) is 0.444. The van der Waals surface area contributed by atoms with Crippen LogP contribution in [0.3, 0.4) is 0 Å². The summed E-state index contributed by atoms with van der Waals surface area (Å²) in [6, 6.07) is 0.112. The molecular formula is C9H11BrClNOS. The molecule has 0 radical (unpaired) electrons. The lowest BCUT2D eigenvalue weighted by Crippen LogP contribution is -2.33. The number of thiophene rings is 1. The lowest BCUT2D eigenvalue weighted by atomic mass is 10.3. The summed E-state index contributed by atoms with van der Waals surface area (Å²) in [5, 5.41) is 6.03. The Hall–Kier alpha value is -0.0600. The molecule has 0 spiro atoms. The predicted octanol–water partition coefficient (Wildman–Crippen LogP) is 3.22. The Bertz CT molecular complexity index is 340. The van der Waals surface area contributed by atoms with Crippen LogP contribution < -0.4 is 5.32 Å². The highest BCUT2D eigenvalue weighted by Crippen LogP contribution is 2.26. The highest BCUT2D eigenvalue weighted by molar-refractivity contribution is 9.09. The Labute approximate surface area is 101 Å². The summed E-state index contributed by atoms with van der Waals surface area (Å²) in [5.74, 6) is -0.0972. The first-order chi connectivity index (χ1) is 6.56. The molecule has 0 aliphatic heterocycles. The van der Waals surface area contributed by atoms with Gasteiger partial charge in [-0.2, -0.15) is 0 Å². The molecule has 2 nitrogen and oxygen atoms in total. The number of alkyl halides is 1. The molecule has 0 aliphatic rings. The maximum Gasteiger partial charge on any atom is 0.263 e. The number of rotatable bonds is 3. The molecule has 1 amide bonds. The van der Waals surface area contributed by atoms with Crippen LogP contribution >= 0.6 is 38.9 Å². The molecule has 5 heteroatoms. The van der Waals surface area contributed by atoms with Gasteiger partial charge in [-0.15, -0.1) is 11.3 Å². The third-order valence-electron chi connectivity index (χ3n) is 1.71. The van der Waals surface area contributed by atoms with Crippen LogP contribution in [-0.2, 0) is 0 Å². The van der Waals surface area contributed by atoms with Crippen LogP contribution in [0.5, 0.6) is 0 Å². The normalized spacial score (nSPS) is 12.6. The lowest BCUT2D eigenvalue weighted by molar-refractivity contribution is 0.0948. The maximum atomic E-state index is 11.6. The first-order valence-electron chi connectivity index (χ1n) is 4.16. The third-order valence-corrected chi connectivity index (χ3v) is 4.38. The van der Waals surface area contributed by atoms with Crippen molar-refractivity contribution in [3.05, 3.63) is 20.8 Å². The number of carbonyl (C=O) groups excluding carboxylic acids is 1. The number of hydrogen-bond acceptors (Lipinski definition) is 2. The largest absolute Gasteiger partial charge is 0.348 e. The van der Waals surface area contributed by atoms with Crippen LogP contribution in [0.4, 0.5) is 0 Å². The first kappa shape index (κ1) is 12.0. The zero-order valence-corrected chi connectivity index (χ0v) is 11.1. The number of halogens is 2. The van der Waals surface area contributed by atoms with Crippen LogP contribution in [0.25, 0.3) is 0 Å². The topological polar surface area (TPSA) is 29.1 Å². The molecule has 78 valence electrons. The van der Waals surface area contributed by atoms with E-state index in [2.05, 4.69) is 21.2 Å². The van der Waals surface area contributed by atoms with E-state index in [-0.39, 0.29) is 11.9 Å². The van der Waals surface area contributed by atoms with E-state index in [4.69, 9.17) is 11.6 Å². The van der Waals surface area contributed by atoms with Gasteiger partial charge < -0.3 is 5.32 Å². The van der Waals surface area contributed by atoms with Gasteiger partial charge in [0.25, 0.3) is 5.91 Å². The van der Waals surface area contributed by atoms with Gasteiger partial charge in [0.1, 0.15) is 4.88 Å². The highest BCUT2D eigenvalue weighted by atomic mass is 79.9. The Kier molecular flexibility index (Phi) is 4.41. The molecule has 0 saturated carbocycles. The van der Waals surface area contributed by atoms with E-state index in [0.29, 0.717) is 9.90 Å². The quantitative estimate of drug-likeness (QED) is 0.853. The second kappa shape index (κ2) is 5.14. The molecule has 0 saturated heterocycles. The Morgan fingerprint density at radius 1 is 1.79 bits per heavy atom. The van der Waals surface area contributed by atoms with Gasteiger partial charge in [-0.05, 0) is 24.8 Å². The van der Waals surface area contributed by atoms with Crippen molar-refractivity contribution in [1.82, 2.24) is 5.32 Å². The molecule has 1 heterocycles. The van der Waals surface area contributed by atoms with Gasteiger partial charge in [0.2, 0.25) is 0 Å². The summed E-state index contributed by atoms with van der Waals surface area (Å²) < 4.78 is 0. The summed E-state index contributed by atoms with van der Waals surface area (Å²) in [5.41, 5.74) is 0.952. The van der Waals surface area contributed by atoms with Crippen molar-refractivity contribution in [2.24, 2.45) is 0 Å². The number of hydrogen-bond donors (Lipinski definition) is 1. The van der Waals surface area contributed by atoms with Crippen LogP contribution in [0.2, 0.25) is 5.02 Å². The van der Waals surface area contributed by atoms with Crippen molar-refractivity contribution in [2.75, 3.05) is 5.33 Å². The van der Waals surface area contributed by atoms with Crippen molar-refractivity contribution < 1.29 is 4.79 Å². The number of amides is 1. The standard InChI is InChI=1S/C9H11BrClNOS/c1-5-4-14-8(7(5)11)9(13)12-6(2)3-10/h4,6H,3H2,1-2H3,(H,12,13). The second-order valence-electron chi connectivity index (χ2n) is 3.09. The third kappa shape index (κ3) is 2.72. The number of aryl methyl sites for hydroxylation is 1. The predicted molar refractivity (Wildman–Crippen MR) is 64.8 cm³/mol. The summed E-state index contributed by atoms with van der Waals surface area (Å²) in [4.78, 5) is 12.2. The summed E-state index contributed by atoms with van der Waals surface area (Å²) in [6.07, 6.45) is 0. The van der Waals surface area contributed by atoms with Crippen molar-refractivity contribution in [1.29, 1.82) is 0 Å². The molecule has 0 aliphatic carbocycles. The van der Waals surface area contributed by atoms with E-state index in [9.17, 15) is 4.79 Å². The zero-order chi connectivity index (χ0) is 10.7. The van der Waals surface area contributed by atoms with Crippen LogP contribution in [0.15, 0.2) is 5.38 Å². The highest BCUT2D eigenvalue weighted by Gasteiger charge is 2.15. The monoisotopic (exact) mass is 295 g/mol. The van der Waals surface area contributed by atoms with Gasteiger partial charge in [-0.25, -0.2) is 0 Å². The van der Waals surface area contributed by atoms with Crippen molar-refractivity contribution in [3.8, 4) is 0 Å². The van der Waals surface area contributed by atoms with Crippen LogP contribution in [0, 0.1) is 6.92 Å². The van der Waals surface area contributed by atoms with Crippen molar-refractivity contribution in [2.45, 2.75) is 19.9 Å². The van der Waals surface area contributed by atoms with Gasteiger partial charge in [0.15, 0.2) is 0 Å². The average Bonchev–Trinajstić information content (AvgIpc) is 2.47. The summed E-state index contributed by atoms with van der Waals surface area (Å²) in [6.45, 7) is 3.82. The van der Waals surface area contributed by atoms with E-state index < -0.39 is 0 Å². The molecule has 0 bridgehead atoms. The number of nitrogens with one attached hydrogen (secondary N) is 1. The minimum Gasteiger partial charge on any atom is -0.348 e. The van der Waals surface area contributed by atoms with E-state index in [1.807, 2.05) is 19.2 Å². The maximum absolute atomic E-state index is 11.6. The summed E-state index contributed by atoms with van der Waals surface area (Å²) in [7, 11) is 0. The molecule has 1 N–H and O–H groups in total. The minimum atomic E-state index is -0.0972. The van der Waals surface area contributed by atoms with Gasteiger partial charge in [-0.3, -0.25) is 4.79 Å².